The summed E-state index contributed by atoms with van der Waals surface area (Å²) in [5, 5.41) is 2.39. The van der Waals surface area contributed by atoms with Gasteiger partial charge in [-0.1, -0.05) is 6.07 Å². The maximum Gasteiger partial charge on any atom is 0.354 e. The molecule has 6 nitrogen and oxygen atoms in total. The summed E-state index contributed by atoms with van der Waals surface area (Å²) in [5.74, 6) is -2.78. The number of hydrogen-bond acceptors (Lipinski definition) is 4. The van der Waals surface area contributed by atoms with Crippen molar-refractivity contribution in [2.45, 2.75) is 20.0 Å². The van der Waals surface area contributed by atoms with Crippen LogP contribution in [0.2, 0.25) is 0 Å². The van der Waals surface area contributed by atoms with Crippen LogP contribution in [0, 0.1) is 11.6 Å². The van der Waals surface area contributed by atoms with Crippen LogP contribution in [0.4, 0.5) is 8.78 Å². The Morgan fingerprint density at radius 3 is 2.48 bits per heavy atom. The molecule has 1 aromatic carbocycles. The van der Waals surface area contributed by atoms with Crippen molar-refractivity contribution in [3.8, 4) is 5.75 Å². The summed E-state index contributed by atoms with van der Waals surface area (Å²) < 4.78 is 38.2. The van der Waals surface area contributed by atoms with Crippen LogP contribution in [0.5, 0.6) is 5.75 Å². The number of amides is 1. The molecule has 0 saturated heterocycles. The van der Waals surface area contributed by atoms with Crippen LogP contribution < -0.4 is 10.1 Å². The molecule has 2 N–H and O–H groups in total. The fourth-order valence-corrected chi connectivity index (χ4v) is 2.29. The summed E-state index contributed by atoms with van der Waals surface area (Å²) in [5.41, 5.74) is -0.324. The number of nitrogens with one attached hydrogen (secondary N) is 2. The van der Waals surface area contributed by atoms with Crippen LogP contribution in [-0.2, 0) is 4.74 Å². The number of ether oxygens (including phenoxy) is 2. The second-order valence-corrected chi connectivity index (χ2v) is 5.12. The van der Waals surface area contributed by atoms with Crippen molar-refractivity contribution in [2.24, 2.45) is 0 Å². The van der Waals surface area contributed by atoms with Gasteiger partial charge >= 0.3 is 5.97 Å². The molecule has 0 bridgehead atoms. The summed E-state index contributed by atoms with van der Waals surface area (Å²) >= 11 is 0. The minimum absolute atomic E-state index is 0.00310. The van der Waals surface area contributed by atoms with E-state index in [0.29, 0.717) is 0 Å². The molecule has 0 radical (unpaired) electrons. The largest absolute Gasteiger partial charge is 0.483 e. The Morgan fingerprint density at radius 1 is 1.28 bits per heavy atom. The first kappa shape index (κ1) is 18.4. The molecular formula is C17H18F2N2O4. The Bertz CT molecular complexity index is 769. The monoisotopic (exact) mass is 352 g/mol. The highest BCUT2D eigenvalue weighted by atomic mass is 19.1. The fraction of sp³-hybridized carbons (Fsp3) is 0.294. The zero-order valence-electron chi connectivity index (χ0n) is 14.0. The molecule has 1 heterocycles. The molecule has 25 heavy (non-hydrogen) atoms. The lowest BCUT2D eigenvalue weighted by Crippen LogP contribution is -2.20. The average Bonchev–Trinajstić information content (AvgIpc) is 2.98. The molecule has 1 amide bonds. The lowest BCUT2D eigenvalue weighted by molar-refractivity contribution is 0.0520. The highest BCUT2D eigenvalue weighted by Gasteiger charge is 2.24. The number of halogens is 2. The van der Waals surface area contributed by atoms with Crippen molar-refractivity contribution in [3.63, 3.8) is 0 Å². The normalized spacial score (nSPS) is 11.7. The first-order valence-electron chi connectivity index (χ1n) is 7.61. The van der Waals surface area contributed by atoms with Crippen LogP contribution in [0.25, 0.3) is 0 Å². The van der Waals surface area contributed by atoms with Crippen LogP contribution >= 0.6 is 0 Å². The molecule has 0 aliphatic carbocycles. The van der Waals surface area contributed by atoms with Gasteiger partial charge in [0.2, 0.25) is 0 Å². The highest BCUT2D eigenvalue weighted by molar-refractivity contribution is 5.98. The van der Waals surface area contributed by atoms with Gasteiger partial charge in [-0.25, -0.2) is 13.6 Å². The third-order valence-corrected chi connectivity index (χ3v) is 3.44. The maximum atomic E-state index is 13.9. The number of benzene rings is 1. The van der Waals surface area contributed by atoms with Gasteiger partial charge in [0.1, 0.15) is 29.1 Å². The molecule has 2 aromatic rings. The third kappa shape index (κ3) is 3.96. The molecule has 2 rings (SSSR count). The summed E-state index contributed by atoms with van der Waals surface area (Å²) in [7, 11) is 1.40. The lowest BCUT2D eigenvalue weighted by Gasteiger charge is -2.16. The van der Waals surface area contributed by atoms with Crippen LogP contribution in [-0.4, -0.2) is 30.5 Å². The zero-order valence-corrected chi connectivity index (χ0v) is 14.0. The maximum absolute atomic E-state index is 13.9. The van der Waals surface area contributed by atoms with Gasteiger partial charge < -0.3 is 19.8 Å². The van der Waals surface area contributed by atoms with E-state index in [4.69, 9.17) is 9.47 Å². The molecule has 0 aliphatic rings. The summed E-state index contributed by atoms with van der Waals surface area (Å²) in [6.45, 7) is 3.23. The van der Waals surface area contributed by atoms with Gasteiger partial charge in [0.05, 0.1) is 12.2 Å². The predicted octanol–water partition coefficient (Wildman–Crippen LogP) is 2.97. The second kappa shape index (κ2) is 7.78. The van der Waals surface area contributed by atoms with E-state index < -0.39 is 29.6 Å². The van der Waals surface area contributed by atoms with Gasteiger partial charge in [0, 0.05) is 13.1 Å². The van der Waals surface area contributed by atoms with E-state index >= 15 is 0 Å². The molecule has 1 aromatic heterocycles. The van der Waals surface area contributed by atoms with Crippen LogP contribution in [0.1, 0.15) is 46.5 Å². The number of rotatable bonds is 6. The Balaban J connectivity index is 2.37. The van der Waals surface area contributed by atoms with Crippen molar-refractivity contribution < 1.29 is 27.8 Å². The Hall–Kier alpha value is -2.90. The van der Waals surface area contributed by atoms with E-state index in [-0.39, 0.29) is 29.3 Å². The van der Waals surface area contributed by atoms with E-state index in [1.54, 1.807) is 6.92 Å². The van der Waals surface area contributed by atoms with Gasteiger partial charge in [-0.05, 0) is 26.0 Å². The fourth-order valence-electron chi connectivity index (χ4n) is 2.29. The number of carbonyl (C=O) groups excluding carboxylic acids is 2. The van der Waals surface area contributed by atoms with Crippen LogP contribution in [0.3, 0.4) is 0 Å². The third-order valence-electron chi connectivity index (χ3n) is 3.44. The summed E-state index contributed by atoms with van der Waals surface area (Å²) in [4.78, 5) is 26.4. The number of aromatic nitrogens is 1. The van der Waals surface area contributed by atoms with E-state index in [1.807, 2.05) is 0 Å². The van der Waals surface area contributed by atoms with Crippen molar-refractivity contribution in [1.29, 1.82) is 0 Å². The summed E-state index contributed by atoms with van der Waals surface area (Å²) in [6.07, 6.45) is -1.03. The number of carbonyl (C=O) groups is 2. The molecule has 0 saturated carbocycles. The smallest absolute Gasteiger partial charge is 0.354 e. The Kier molecular flexibility index (Phi) is 5.74. The minimum atomic E-state index is -1.03. The van der Waals surface area contributed by atoms with E-state index in [9.17, 15) is 18.4 Å². The van der Waals surface area contributed by atoms with Crippen molar-refractivity contribution in [2.75, 3.05) is 13.7 Å². The van der Waals surface area contributed by atoms with Crippen molar-refractivity contribution in [1.82, 2.24) is 10.3 Å². The molecular weight excluding hydrogens is 334 g/mol. The predicted molar refractivity (Wildman–Crippen MR) is 85.5 cm³/mol. The van der Waals surface area contributed by atoms with Gasteiger partial charge in [-0.3, -0.25) is 4.79 Å². The van der Waals surface area contributed by atoms with E-state index in [1.165, 1.54) is 26.1 Å². The summed E-state index contributed by atoms with van der Waals surface area (Å²) in [6, 6.07) is 4.72. The molecule has 0 fully saturated rings. The molecule has 134 valence electrons. The number of hydrogen-bond donors (Lipinski definition) is 2. The Labute approximate surface area is 143 Å². The topological polar surface area (TPSA) is 80.4 Å². The standard InChI is InChI=1S/C17H18F2N2O4/c1-4-24-17(23)12-8-13(15(21-12)16(22)20-3)25-9(2)14-10(18)6-5-7-11(14)19/h5-9,21H,4H2,1-3H3,(H,20,22). The quantitative estimate of drug-likeness (QED) is 0.784. The Morgan fingerprint density at radius 2 is 1.92 bits per heavy atom. The van der Waals surface area contributed by atoms with Gasteiger partial charge in [0.15, 0.2) is 5.75 Å². The molecule has 0 aliphatic heterocycles. The molecule has 1 atom stereocenters. The first-order valence-corrected chi connectivity index (χ1v) is 7.61. The minimum Gasteiger partial charge on any atom is -0.483 e. The number of aromatic amines is 1. The SMILES string of the molecule is CCOC(=O)c1cc(OC(C)c2c(F)cccc2F)c(C(=O)NC)[nH]1. The molecule has 8 heteroatoms. The van der Waals surface area contributed by atoms with Crippen molar-refractivity contribution in [3.05, 3.63) is 52.9 Å². The molecule has 1 unspecified atom stereocenters. The lowest BCUT2D eigenvalue weighted by atomic mass is 10.1. The average molecular weight is 352 g/mol. The van der Waals surface area contributed by atoms with E-state index in [0.717, 1.165) is 12.1 Å². The van der Waals surface area contributed by atoms with Crippen LogP contribution in [0.15, 0.2) is 24.3 Å². The van der Waals surface area contributed by atoms with E-state index in [2.05, 4.69) is 10.3 Å². The van der Waals surface area contributed by atoms with Gasteiger partial charge in [-0.2, -0.15) is 0 Å². The van der Waals surface area contributed by atoms with Gasteiger partial charge in [-0.15, -0.1) is 0 Å². The number of esters is 1. The number of H-pyrrole nitrogens is 1. The second-order valence-electron chi connectivity index (χ2n) is 5.12. The van der Waals surface area contributed by atoms with Gasteiger partial charge in [0.25, 0.3) is 5.91 Å². The van der Waals surface area contributed by atoms with Crippen molar-refractivity contribution >= 4 is 11.9 Å². The zero-order chi connectivity index (χ0) is 18.6. The molecule has 0 spiro atoms. The highest BCUT2D eigenvalue weighted by Crippen LogP contribution is 2.29. The first-order chi connectivity index (χ1) is 11.9.